The molecule has 0 aliphatic heterocycles. The number of carbonyl (C=O) groups excluding carboxylic acids is 1. The van der Waals surface area contributed by atoms with Gasteiger partial charge in [-0.3, -0.25) is 4.79 Å². The summed E-state index contributed by atoms with van der Waals surface area (Å²) in [5.74, 6) is 0.211. The van der Waals surface area contributed by atoms with Crippen LogP contribution in [0.5, 0.6) is 5.75 Å². The lowest BCUT2D eigenvalue weighted by Crippen LogP contribution is -2.43. The number of aliphatic hydroxyl groups is 1. The van der Waals surface area contributed by atoms with Crippen LogP contribution in [0.15, 0.2) is 24.3 Å². The van der Waals surface area contributed by atoms with E-state index in [9.17, 15) is 9.90 Å². The van der Waals surface area contributed by atoms with Gasteiger partial charge in [0, 0.05) is 6.54 Å². The molecular weight excluding hydrogens is 244 g/mol. The monoisotopic (exact) mass is 266 g/mol. The maximum atomic E-state index is 11.6. The lowest BCUT2D eigenvalue weighted by atomic mass is 9.98. The highest BCUT2D eigenvalue weighted by Crippen LogP contribution is 2.19. The predicted octanol–water partition coefficient (Wildman–Crippen LogP) is 1.31. The van der Waals surface area contributed by atoms with E-state index in [1.807, 2.05) is 13.8 Å². The average molecular weight is 266 g/mol. The Morgan fingerprint density at radius 2 is 2.00 bits per heavy atom. The molecule has 1 amide bonds. The van der Waals surface area contributed by atoms with E-state index < -0.39 is 5.60 Å². The molecule has 1 rings (SSSR count). The van der Waals surface area contributed by atoms with Crippen molar-refractivity contribution in [3.63, 3.8) is 0 Å². The zero-order valence-electron chi connectivity index (χ0n) is 11.5. The van der Waals surface area contributed by atoms with Crippen LogP contribution in [-0.4, -0.2) is 29.8 Å². The van der Waals surface area contributed by atoms with Crippen molar-refractivity contribution in [1.29, 1.82) is 0 Å². The molecule has 1 aromatic carbocycles. The maximum Gasteiger partial charge on any atom is 0.258 e. The summed E-state index contributed by atoms with van der Waals surface area (Å²) >= 11 is 0. The van der Waals surface area contributed by atoms with Crippen molar-refractivity contribution in [3.05, 3.63) is 24.3 Å². The highest BCUT2D eigenvalue weighted by atomic mass is 16.5. The van der Waals surface area contributed by atoms with E-state index >= 15 is 0 Å². The van der Waals surface area contributed by atoms with Gasteiger partial charge in [-0.2, -0.15) is 0 Å². The first kappa shape index (κ1) is 15.3. The smallest absolute Gasteiger partial charge is 0.258 e. The van der Waals surface area contributed by atoms with Gasteiger partial charge in [-0.05, 0) is 25.0 Å². The minimum Gasteiger partial charge on any atom is -0.482 e. The van der Waals surface area contributed by atoms with Crippen molar-refractivity contribution in [1.82, 2.24) is 5.32 Å². The maximum absolute atomic E-state index is 11.6. The molecule has 0 aliphatic rings. The minimum atomic E-state index is -0.846. The lowest BCUT2D eigenvalue weighted by Gasteiger charge is -2.25. The average Bonchev–Trinajstić information content (AvgIpc) is 2.44. The zero-order chi connectivity index (χ0) is 14.3. The second-order valence-electron chi connectivity index (χ2n) is 4.53. The first-order chi connectivity index (χ1) is 9.00. The highest BCUT2D eigenvalue weighted by molar-refractivity contribution is 5.77. The van der Waals surface area contributed by atoms with E-state index in [0.29, 0.717) is 24.3 Å². The molecule has 1 aromatic rings. The van der Waals surface area contributed by atoms with Crippen molar-refractivity contribution >= 4 is 11.6 Å². The molecule has 0 atom stereocenters. The summed E-state index contributed by atoms with van der Waals surface area (Å²) in [5.41, 5.74) is 5.34. The third-order valence-electron chi connectivity index (χ3n) is 3.21. The lowest BCUT2D eigenvalue weighted by molar-refractivity contribution is -0.124. The van der Waals surface area contributed by atoms with Crippen molar-refractivity contribution in [3.8, 4) is 5.75 Å². The number of anilines is 1. The van der Waals surface area contributed by atoms with Gasteiger partial charge in [0.2, 0.25) is 0 Å². The Morgan fingerprint density at radius 1 is 1.37 bits per heavy atom. The fraction of sp³-hybridized carbons (Fsp3) is 0.500. The predicted molar refractivity (Wildman–Crippen MR) is 74.9 cm³/mol. The van der Waals surface area contributed by atoms with Crippen LogP contribution < -0.4 is 15.8 Å². The van der Waals surface area contributed by atoms with E-state index in [4.69, 9.17) is 10.5 Å². The molecule has 0 radical (unpaired) electrons. The van der Waals surface area contributed by atoms with Gasteiger partial charge in [-0.1, -0.05) is 26.0 Å². The second kappa shape index (κ2) is 6.99. The summed E-state index contributed by atoms with van der Waals surface area (Å²) in [4.78, 5) is 11.6. The summed E-state index contributed by atoms with van der Waals surface area (Å²) < 4.78 is 5.31. The second-order valence-corrected chi connectivity index (χ2v) is 4.53. The van der Waals surface area contributed by atoms with E-state index in [0.717, 1.165) is 0 Å². The van der Waals surface area contributed by atoms with Crippen LogP contribution >= 0.6 is 0 Å². The number of carbonyl (C=O) groups is 1. The number of ether oxygens (including phenoxy) is 1. The molecule has 4 N–H and O–H groups in total. The Balaban J connectivity index is 2.39. The molecular formula is C14H22N2O3. The quantitative estimate of drug-likeness (QED) is 0.650. The Labute approximate surface area is 113 Å². The molecule has 19 heavy (non-hydrogen) atoms. The van der Waals surface area contributed by atoms with Crippen LogP contribution in [0.2, 0.25) is 0 Å². The Morgan fingerprint density at radius 3 is 2.58 bits per heavy atom. The van der Waals surface area contributed by atoms with Gasteiger partial charge < -0.3 is 20.9 Å². The molecule has 0 fully saturated rings. The first-order valence-electron chi connectivity index (χ1n) is 6.47. The van der Waals surface area contributed by atoms with Gasteiger partial charge in [0.15, 0.2) is 6.61 Å². The Bertz CT molecular complexity index is 417. The first-order valence-corrected chi connectivity index (χ1v) is 6.47. The zero-order valence-corrected chi connectivity index (χ0v) is 11.5. The van der Waals surface area contributed by atoms with Crippen LogP contribution in [0.3, 0.4) is 0 Å². The summed E-state index contributed by atoms with van der Waals surface area (Å²) in [6.45, 7) is 3.89. The number of nitrogens with one attached hydrogen (secondary N) is 1. The van der Waals surface area contributed by atoms with Crippen LogP contribution in [0.25, 0.3) is 0 Å². The number of nitrogens with two attached hydrogens (primary N) is 1. The molecule has 106 valence electrons. The molecule has 0 aliphatic carbocycles. The largest absolute Gasteiger partial charge is 0.482 e. The van der Waals surface area contributed by atoms with Crippen molar-refractivity contribution < 1.29 is 14.6 Å². The van der Waals surface area contributed by atoms with Gasteiger partial charge in [0.05, 0.1) is 11.3 Å². The summed E-state index contributed by atoms with van der Waals surface area (Å²) in [6.07, 6.45) is 1.19. The number of nitrogen functional groups attached to an aromatic ring is 1. The van der Waals surface area contributed by atoms with Crippen molar-refractivity contribution in [2.75, 3.05) is 18.9 Å². The topological polar surface area (TPSA) is 84.6 Å². The standard InChI is InChI=1S/C14H22N2O3/c1-3-14(18,4-2)10-16-13(17)9-19-12-8-6-5-7-11(12)15/h5-8,18H,3-4,9-10,15H2,1-2H3,(H,16,17). The fourth-order valence-corrected chi connectivity index (χ4v) is 1.57. The number of hydrogen-bond acceptors (Lipinski definition) is 4. The van der Waals surface area contributed by atoms with E-state index in [-0.39, 0.29) is 19.1 Å². The fourth-order valence-electron chi connectivity index (χ4n) is 1.57. The summed E-state index contributed by atoms with van der Waals surface area (Å²) in [6, 6.07) is 7.00. The van der Waals surface area contributed by atoms with Crippen LogP contribution in [0, 0.1) is 0 Å². The van der Waals surface area contributed by atoms with E-state index in [1.54, 1.807) is 24.3 Å². The molecule has 5 nitrogen and oxygen atoms in total. The van der Waals surface area contributed by atoms with Crippen molar-refractivity contribution in [2.45, 2.75) is 32.3 Å². The third kappa shape index (κ3) is 4.79. The van der Waals surface area contributed by atoms with Crippen LogP contribution in [0.4, 0.5) is 5.69 Å². The van der Waals surface area contributed by atoms with E-state index in [2.05, 4.69) is 5.32 Å². The molecule has 0 bridgehead atoms. The van der Waals surface area contributed by atoms with Gasteiger partial charge in [-0.15, -0.1) is 0 Å². The Hall–Kier alpha value is -1.75. The number of para-hydroxylation sites is 2. The number of rotatable bonds is 7. The van der Waals surface area contributed by atoms with Crippen LogP contribution in [-0.2, 0) is 4.79 Å². The van der Waals surface area contributed by atoms with Gasteiger partial charge in [0.1, 0.15) is 5.75 Å². The van der Waals surface area contributed by atoms with Gasteiger partial charge in [0.25, 0.3) is 5.91 Å². The van der Waals surface area contributed by atoms with Crippen molar-refractivity contribution in [2.24, 2.45) is 0 Å². The third-order valence-corrected chi connectivity index (χ3v) is 3.21. The molecule has 0 spiro atoms. The summed E-state index contributed by atoms with van der Waals surface area (Å²) in [5, 5.41) is 12.7. The molecule has 0 aromatic heterocycles. The van der Waals surface area contributed by atoms with Gasteiger partial charge in [-0.25, -0.2) is 0 Å². The summed E-state index contributed by atoms with van der Waals surface area (Å²) in [7, 11) is 0. The minimum absolute atomic E-state index is 0.113. The number of hydrogen-bond donors (Lipinski definition) is 3. The highest BCUT2D eigenvalue weighted by Gasteiger charge is 2.22. The molecule has 0 unspecified atom stereocenters. The molecule has 0 heterocycles. The number of amides is 1. The molecule has 0 saturated carbocycles. The molecule has 0 saturated heterocycles. The molecule has 5 heteroatoms. The van der Waals surface area contributed by atoms with Gasteiger partial charge >= 0.3 is 0 Å². The SMILES string of the molecule is CCC(O)(CC)CNC(=O)COc1ccccc1N. The van der Waals surface area contributed by atoms with E-state index in [1.165, 1.54) is 0 Å². The Kier molecular flexibility index (Phi) is 5.63. The number of benzene rings is 1. The normalized spacial score (nSPS) is 11.1. The van der Waals surface area contributed by atoms with Crippen LogP contribution in [0.1, 0.15) is 26.7 Å².